The number of carbonyl (C=O) groups is 1. The Labute approximate surface area is 217 Å². The van der Waals surface area contributed by atoms with Crippen molar-refractivity contribution in [1.82, 2.24) is 4.98 Å². The van der Waals surface area contributed by atoms with Gasteiger partial charge in [-0.2, -0.15) is 0 Å². The molecule has 2 heterocycles. The number of ether oxygens (including phenoxy) is 1. The number of hydrogen-bond donors (Lipinski definition) is 1. The molecule has 1 atom stereocenters. The quantitative estimate of drug-likeness (QED) is 0.306. The number of anilines is 1. The van der Waals surface area contributed by atoms with Crippen molar-refractivity contribution >= 4 is 40.7 Å². The molecule has 4 rings (SSSR count). The SMILES string of the molecule is CCCCC(C(=O)Nc1c(SC)cc(C)nc1SC)C1=C(c2ccccc2)c2ccccc2OC1. The second-order valence-electron chi connectivity index (χ2n) is 8.59. The highest BCUT2D eigenvalue weighted by Crippen LogP contribution is 2.41. The zero-order valence-electron chi connectivity index (χ0n) is 20.8. The Kier molecular flexibility index (Phi) is 8.58. The number of aryl methyl sites for hydroxylation is 1. The summed E-state index contributed by atoms with van der Waals surface area (Å²) in [6.07, 6.45) is 6.78. The maximum atomic E-state index is 14.0. The van der Waals surface area contributed by atoms with E-state index >= 15 is 0 Å². The molecule has 35 heavy (non-hydrogen) atoms. The lowest BCUT2D eigenvalue weighted by Crippen LogP contribution is -2.30. The molecule has 0 fully saturated rings. The van der Waals surface area contributed by atoms with Gasteiger partial charge in [-0.05, 0) is 54.7 Å². The summed E-state index contributed by atoms with van der Waals surface area (Å²) in [5, 5.41) is 4.12. The number of thioether (sulfide) groups is 2. The average molecular weight is 505 g/mol. The second-order valence-corrected chi connectivity index (χ2v) is 10.2. The molecule has 1 aliphatic rings. The summed E-state index contributed by atoms with van der Waals surface area (Å²) in [6, 6.07) is 20.5. The van der Waals surface area contributed by atoms with Gasteiger partial charge in [0.25, 0.3) is 0 Å². The smallest absolute Gasteiger partial charge is 0.231 e. The van der Waals surface area contributed by atoms with E-state index < -0.39 is 0 Å². The van der Waals surface area contributed by atoms with Crippen molar-refractivity contribution in [2.24, 2.45) is 5.92 Å². The summed E-state index contributed by atoms with van der Waals surface area (Å²) in [4.78, 5) is 19.7. The summed E-state index contributed by atoms with van der Waals surface area (Å²) in [7, 11) is 0. The first kappa shape index (κ1) is 25.4. The highest BCUT2D eigenvalue weighted by molar-refractivity contribution is 7.99. The number of rotatable bonds is 9. The summed E-state index contributed by atoms with van der Waals surface area (Å²) in [5.74, 6) is 0.562. The van der Waals surface area contributed by atoms with E-state index in [0.29, 0.717) is 6.61 Å². The minimum Gasteiger partial charge on any atom is -0.489 e. The molecule has 1 N–H and O–H groups in total. The van der Waals surface area contributed by atoms with Crippen molar-refractivity contribution < 1.29 is 9.53 Å². The van der Waals surface area contributed by atoms with Crippen molar-refractivity contribution in [2.45, 2.75) is 43.0 Å². The Morgan fingerprint density at radius 2 is 1.83 bits per heavy atom. The Bertz CT molecular complexity index is 1200. The molecule has 1 amide bonds. The van der Waals surface area contributed by atoms with Gasteiger partial charge in [-0.15, -0.1) is 23.5 Å². The molecule has 182 valence electrons. The van der Waals surface area contributed by atoms with Crippen LogP contribution in [0, 0.1) is 12.8 Å². The topological polar surface area (TPSA) is 51.2 Å². The maximum Gasteiger partial charge on any atom is 0.231 e. The van der Waals surface area contributed by atoms with Crippen molar-refractivity contribution in [3.63, 3.8) is 0 Å². The van der Waals surface area contributed by atoms with Gasteiger partial charge in [0.15, 0.2) is 0 Å². The molecule has 0 aliphatic carbocycles. The molecule has 0 saturated heterocycles. The molecule has 0 spiro atoms. The monoisotopic (exact) mass is 504 g/mol. The molecule has 1 aliphatic heterocycles. The fraction of sp³-hybridized carbons (Fsp3) is 0.310. The standard InChI is InChI=1S/C29H32N2O2S2/c1-5-6-14-21(28(32)31-27-25(34-3)17-19(2)30-29(27)35-4)23-18-33-24-16-11-10-15-22(24)26(23)20-12-8-7-9-13-20/h7-13,15-17,21H,5-6,14,18H2,1-4H3,(H,31,32). The molecular formula is C29H32N2O2S2. The lowest BCUT2D eigenvalue weighted by molar-refractivity contribution is -0.119. The number of para-hydroxylation sites is 1. The minimum atomic E-state index is -0.302. The van der Waals surface area contributed by atoms with Crippen LogP contribution in [-0.4, -0.2) is 30.0 Å². The zero-order valence-corrected chi connectivity index (χ0v) is 22.4. The first-order valence-corrected chi connectivity index (χ1v) is 14.4. The molecule has 0 saturated carbocycles. The van der Waals surface area contributed by atoms with E-state index in [1.54, 1.807) is 23.5 Å². The number of unbranched alkanes of at least 4 members (excludes halogenated alkanes) is 1. The second kappa shape index (κ2) is 11.8. The van der Waals surface area contributed by atoms with Crippen molar-refractivity contribution in [1.29, 1.82) is 0 Å². The first-order chi connectivity index (χ1) is 17.1. The number of nitrogens with zero attached hydrogens (tertiary/aromatic N) is 1. The van der Waals surface area contributed by atoms with E-state index in [-0.39, 0.29) is 11.8 Å². The molecule has 1 unspecified atom stereocenters. The summed E-state index contributed by atoms with van der Waals surface area (Å²) >= 11 is 3.19. The average Bonchev–Trinajstić information content (AvgIpc) is 2.89. The largest absolute Gasteiger partial charge is 0.489 e. The molecule has 4 nitrogen and oxygen atoms in total. The van der Waals surface area contributed by atoms with Crippen molar-refractivity contribution in [3.05, 3.63) is 83.1 Å². The predicted molar refractivity (Wildman–Crippen MR) is 149 cm³/mol. The Balaban J connectivity index is 1.82. The van der Waals surface area contributed by atoms with Gasteiger partial charge in [0.05, 0.1) is 11.6 Å². The van der Waals surface area contributed by atoms with E-state index in [9.17, 15) is 4.79 Å². The summed E-state index contributed by atoms with van der Waals surface area (Å²) in [5.41, 5.74) is 6.06. The van der Waals surface area contributed by atoms with Gasteiger partial charge in [-0.1, -0.05) is 68.3 Å². The molecule has 1 aromatic heterocycles. The number of nitrogens with one attached hydrogen (secondary N) is 1. The van der Waals surface area contributed by atoms with Gasteiger partial charge >= 0.3 is 0 Å². The number of pyridine rings is 1. The third kappa shape index (κ3) is 5.60. The molecule has 0 radical (unpaired) electrons. The van der Waals surface area contributed by atoms with Crippen LogP contribution < -0.4 is 10.1 Å². The lowest BCUT2D eigenvalue weighted by atomic mass is 9.82. The van der Waals surface area contributed by atoms with Gasteiger partial charge in [-0.25, -0.2) is 4.98 Å². The fourth-order valence-corrected chi connectivity index (χ4v) is 5.85. The number of hydrogen-bond acceptors (Lipinski definition) is 5. The zero-order chi connectivity index (χ0) is 24.8. The van der Waals surface area contributed by atoms with Gasteiger partial charge in [0, 0.05) is 16.2 Å². The van der Waals surface area contributed by atoms with Crippen LogP contribution in [0.15, 0.2) is 76.2 Å². The Hall–Kier alpha value is -2.70. The third-order valence-corrected chi connectivity index (χ3v) is 7.69. The van der Waals surface area contributed by atoms with E-state index in [2.05, 4.69) is 35.4 Å². The van der Waals surface area contributed by atoms with Crippen LogP contribution in [0.4, 0.5) is 5.69 Å². The Morgan fingerprint density at radius 3 is 2.54 bits per heavy atom. The molecular weight excluding hydrogens is 472 g/mol. The molecule has 2 aromatic carbocycles. The normalized spacial score (nSPS) is 13.7. The molecule has 6 heteroatoms. The van der Waals surface area contributed by atoms with Crippen LogP contribution in [0.3, 0.4) is 0 Å². The maximum absolute atomic E-state index is 14.0. The van der Waals surface area contributed by atoms with Gasteiger partial charge in [0.2, 0.25) is 5.91 Å². The van der Waals surface area contributed by atoms with Crippen LogP contribution in [0.5, 0.6) is 5.75 Å². The van der Waals surface area contributed by atoms with Crippen LogP contribution >= 0.6 is 23.5 Å². The number of aromatic nitrogens is 1. The highest BCUT2D eigenvalue weighted by Gasteiger charge is 2.31. The van der Waals surface area contributed by atoms with Gasteiger partial charge in [0.1, 0.15) is 17.4 Å². The van der Waals surface area contributed by atoms with E-state index in [1.807, 2.05) is 61.9 Å². The van der Waals surface area contributed by atoms with Crippen LogP contribution in [-0.2, 0) is 4.79 Å². The van der Waals surface area contributed by atoms with Crippen molar-refractivity contribution in [2.75, 3.05) is 24.4 Å². The summed E-state index contributed by atoms with van der Waals surface area (Å²) < 4.78 is 6.20. The van der Waals surface area contributed by atoms with Crippen LogP contribution in [0.25, 0.3) is 5.57 Å². The van der Waals surface area contributed by atoms with Crippen LogP contribution in [0.1, 0.15) is 43.0 Å². The molecule has 0 bridgehead atoms. The van der Waals surface area contributed by atoms with Crippen LogP contribution in [0.2, 0.25) is 0 Å². The van der Waals surface area contributed by atoms with Gasteiger partial charge < -0.3 is 10.1 Å². The lowest BCUT2D eigenvalue weighted by Gasteiger charge is -2.29. The van der Waals surface area contributed by atoms with E-state index in [4.69, 9.17) is 4.74 Å². The predicted octanol–water partition coefficient (Wildman–Crippen LogP) is 7.47. The number of fused-ring (bicyclic) bond motifs is 1. The van der Waals surface area contributed by atoms with E-state index in [1.165, 1.54) is 0 Å². The minimum absolute atomic E-state index is 0.00103. The number of amides is 1. The Morgan fingerprint density at radius 1 is 1.09 bits per heavy atom. The summed E-state index contributed by atoms with van der Waals surface area (Å²) in [6.45, 7) is 4.55. The fourth-order valence-electron chi connectivity index (χ4n) is 4.54. The van der Waals surface area contributed by atoms with E-state index in [0.717, 1.165) is 68.6 Å². The van der Waals surface area contributed by atoms with Crippen molar-refractivity contribution in [3.8, 4) is 5.75 Å². The third-order valence-electron chi connectivity index (χ3n) is 6.25. The number of benzene rings is 2. The number of carbonyl (C=O) groups excluding carboxylic acids is 1. The first-order valence-electron chi connectivity index (χ1n) is 12.0. The highest BCUT2D eigenvalue weighted by atomic mass is 32.2. The molecule has 3 aromatic rings. The van der Waals surface area contributed by atoms with Gasteiger partial charge in [-0.3, -0.25) is 4.79 Å².